The van der Waals surface area contributed by atoms with Gasteiger partial charge in [-0.1, -0.05) is 35.2 Å². The van der Waals surface area contributed by atoms with Gasteiger partial charge in [0.1, 0.15) is 17.3 Å². The van der Waals surface area contributed by atoms with Gasteiger partial charge in [0.2, 0.25) is 11.0 Å². The number of amides is 1. The summed E-state index contributed by atoms with van der Waals surface area (Å²) in [6.45, 7) is 3.21. The molecule has 0 aliphatic rings. The van der Waals surface area contributed by atoms with Gasteiger partial charge in [-0.25, -0.2) is 4.39 Å². The van der Waals surface area contributed by atoms with Crippen LogP contribution in [0.1, 0.15) is 40.8 Å². The van der Waals surface area contributed by atoms with Gasteiger partial charge in [-0.2, -0.15) is 0 Å². The number of furan rings is 1. The monoisotopic (exact) mass is 419 g/mol. The minimum atomic E-state index is -0.267. The summed E-state index contributed by atoms with van der Waals surface area (Å²) in [5.74, 6) is 1.28. The number of hydrogen-bond donors (Lipinski definition) is 1. The fourth-order valence-electron chi connectivity index (χ4n) is 2.48. The van der Waals surface area contributed by atoms with Gasteiger partial charge in [-0.3, -0.25) is 9.59 Å². The maximum atomic E-state index is 12.9. The zero-order chi connectivity index (χ0) is 20.1. The number of Topliss-reactive ketones (excluding diaryl/α,β-unsaturated/α-hetero) is 1. The second kappa shape index (κ2) is 9.11. The molecule has 1 N–H and O–H groups in total. The fourth-order valence-corrected chi connectivity index (χ4v) is 4.20. The average molecular weight is 420 g/mol. The lowest BCUT2D eigenvalue weighted by molar-refractivity contribution is -0.116. The van der Waals surface area contributed by atoms with E-state index in [4.69, 9.17) is 4.42 Å². The number of rotatable bonds is 8. The van der Waals surface area contributed by atoms with Crippen molar-refractivity contribution in [1.82, 2.24) is 10.2 Å². The van der Waals surface area contributed by atoms with Crippen LogP contribution in [0.5, 0.6) is 0 Å². The van der Waals surface area contributed by atoms with E-state index in [1.54, 1.807) is 25.1 Å². The molecule has 146 valence electrons. The van der Waals surface area contributed by atoms with Crippen LogP contribution >= 0.6 is 23.1 Å². The second-order valence-electron chi connectivity index (χ2n) is 6.08. The third-order valence-electron chi connectivity index (χ3n) is 3.87. The SMILES string of the molecule is CC(=O)c1cc(CCC(=O)Nc2nnc(SCc3ccc(F)cc3)s2)oc1C. The normalized spacial score (nSPS) is 10.8. The summed E-state index contributed by atoms with van der Waals surface area (Å²) in [5, 5.41) is 11.1. The first-order valence-electron chi connectivity index (χ1n) is 8.51. The Morgan fingerprint density at radius 1 is 1.25 bits per heavy atom. The number of hydrogen-bond acceptors (Lipinski definition) is 7. The number of anilines is 1. The highest BCUT2D eigenvalue weighted by molar-refractivity contribution is 8.00. The van der Waals surface area contributed by atoms with Crippen molar-refractivity contribution in [3.05, 3.63) is 58.8 Å². The maximum absolute atomic E-state index is 12.9. The molecule has 0 fully saturated rings. The summed E-state index contributed by atoms with van der Waals surface area (Å²) in [4.78, 5) is 23.6. The third-order valence-corrected chi connectivity index (χ3v) is 5.92. The van der Waals surface area contributed by atoms with Crippen LogP contribution in [-0.2, 0) is 17.0 Å². The first kappa shape index (κ1) is 20.2. The number of thioether (sulfide) groups is 1. The summed E-state index contributed by atoms with van der Waals surface area (Å²) >= 11 is 2.75. The molecule has 2 aromatic heterocycles. The van der Waals surface area contributed by atoms with Crippen LogP contribution in [-0.4, -0.2) is 21.9 Å². The van der Waals surface area contributed by atoms with Crippen molar-refractivity contribution < 1.29 is 18.4 Å². The Morgan fingerprint density at radius 3 is 2.68 bits per heavy atom. The number of halogens is 1. The van der Waals surface area contributed by atoms with E-state index in [9.17, 15) is 14.0 Å². The van der Waals surface area contributed by atoms with E-state index in [0.717, 1.165) is 5.56 Å². The van der Waals surface area contributed by atoms with Crippen LogP contribution < -0.4 is 5.32 Å². The molecule has 2 heterocycles. The fraction of sp³-hybridized carbons (Fsp3) is 0.263. The van der Waals surface area contributed by atoms with Crippen molar-refractivity contribution in [2.24, 2.45) is 0 Å². The third kappa shape index (κ3) is 5.49. The Morgan fingerprint density at radius 2 is 2.00 bits per heavy atom. The predicted molar refractivity (Wildman–Crippen MR) is 106 cm³/mol. The van der Waals surface area contributed by atoms with Crippen molar-refractivity contribution in [3.63, 3.8) is 0 Å². The molecule has 3 aromatic rings. The number of aromatic nitrogens is 2. The van der Waals surface area contributed by atoms with E-state index in [0.29, 0.717) is 38.7 Å². The van der Waals surface area contributed by atoms with Crippen molar-refractivity contribution in [1.29, 1.82) is 0 Å². The molecule has 1 aromatic carbocycles. The molecular weight excluding hydrogens is 401 g/mol. The smallest absolute Gasteiger partial charge is 0.226 e. The summed E-state index contributed by atoms with van der Waals surface area (Å²) < 4.78 is 19.1. The van der Waals surface area contributed by atoms with Gasteiger partial charge in [-0.05, 0) is 37.6 Å². The molecule has 0 atom stereocenters. The number of carbonyl (C=O) groups excluding carboxylic acids is 2. The Hall–Kier alpha value is -2.52. The topological polar surface area (TPSA) is 85.1 Å². The highest BCUT2D eigenvalue weighted by atomic mass is 32.2. The van der Waals surface area contributed by atoms with E-state index in [2.05, 4.69) is 15.5 Å². The number of benzene rings is 1. The largest absolute Gasteiger partial charge is 0.466 e. The number of ketones is 1. The molecule has 3 rings (SSSR count). The van der Waals surface area contributed by atoms with Crippen LogP contribution in [0.2, 0.25) is 0 Å². The van der Waals surface area contributed by atoms with Crippen molar-refractivity contribution >= 4 is 39.9 Å². The van der Waals surface area contributed by atoms with Crippen LogP contribution in [0.15, 0.2) is 39.1 Å². The number of aryl methyl sites for hydroxylation is 2. The van der Waals surface area contributed by atoms with Gasteiger partial charge in [0.25, 0.3) is 0 Å². The van der Waals surface area contributed by atoms with Gasteiger partial charge >= 0.3 is 0 Å². The molecule has 0 saturated heterocycles. The molecule has 0 aliphatic carbocycles. The zero-order valence-corrected chi connectivity index (χ0v) is 17.0. The molecule has 0 spiro atoms. The number of carbonyl (C=O) groups is 2. The predicted octanol–water partition coefficient (Wildman–Crippen LogP) is 4.64. The summed E-state index contributed by atoms with van der Waals surface area (Å²) in [5.41, 5.74) is 1.52. The Bertz CT molecular complexity index is 983. The van der Waals surface area contributed by atoms with E-state index in [-0.39, 0.29) is 23.9 Å². The van der Waals surface area contributed by atoms with Gasteiger partial charge in [0, 0.05) is 18.6 Å². The van der Waals surface area contributed by atoms with Gasteiger partial charge in [-0.15, -0.1) is 10.2 Å². The highest BCUT2D eigenvalue weighted by Crippen LogP contribution is 2.28. The van der Waals surface area contributed by atoms with Crippen LogP contribution in [0.4, 0.5) is 9.52 Å². The second-order valence-corrected chi connectivity index (χ2v) is 8.28. The molecule has 0 bridgehead atoms. The van der Waals surface area contributed by atoms with E-state index >= 15 is 0 Å². The molecular formula is C19H18FN3O3S2. The molecule has 0 aliphatic heterocycles. The van der Waals surface area contributed by atoms with Gasteiger partial charge in [0.05, 0.1) is 5.56 Å². The molecule has 6 nitrogen and oxygen atoms in total. The van der Waals surface area contributed by atoms with E-state index in [1.807, 2.05) is 0 Å². The first-order valence-corrected chi connectivity index (χ1v) is 10.3. The van der Waals surface area contributed by atoms with Crippen molar-refractivity contribution in [2.45, 2.75) is 36.8 Å². The lowest BCUT2D eigenvalue weighted by atomic mass is 10.1. The average Bonchev–Trinajstić information content (AvgIpc) is 3.26. The van der Waals surface area contributed by atoms with Crippen molar-refractivity contribution in [3.8, 4) is 0 Å². The van der Waals surface area contributed by atoms with Gasteiger partial charge in [0.15, 0.2) is 10.1 Å². The molecule has 9 heteroatoms. The highest BCUT2D eigenvalue weighted by Gasteiger charge is 2.14. The zero-order valence-electron chi connectivity index (χ0n) is 15.3. The van der Waals surface area contributed by atoms with Crippen LogP contribution in [0, 0.1) is 12.7 Å². The molecule has 0 saturated carbocycles. The lowest BCUT2D eigenvalue weighted by Gasteiger charge is -1.99. The molecule has 1 amide bonds. The first-order chi connectivity index (χ1) is 13.4. The molecule has 0 radical (unpaired) electrons. The van der Waals surface area contributed by atoms with E-state index in [1.165, 1.54) is 42.2 Å². The summed E-state index contributed by atoms with van der Waals surface area (Å²) in [7, 11) is 0. The minimum absolute atomic E-state index is 0.0588. The summed E-state index contributed by atoms with van der Waals surface area (Å²) in [6.07, 6.45) is 0.604. The van der Waals surface area contributed by atoms with Crippen molar-refractivity contribution in [2.75, 3.05) is 5.32 Å². The van der Waals surface area contributed by atoms with E-state index < -0.39 is 0 Å². The number of nitrogens with zero attached hydrogens (tertiary/aromatic N) is 2. The Balaban J connectivity index is 1.47. The summed E-state index contributed by atoms with van der Waals surface area (Å²) in [6, 6.07) is 7.96. The quantitative estimate of drug-likeness (QED) is 0.325. The maximum Gasteiger partial charge on any atom is 0.226 e. The Kier molecular flexibility index (Phi) is 6.58. The minimum Gasteiger partial charge on any atom is -0.466 e. The standard InChI is InChI=1S/C19H18FN3O3S2/c1-11(24)16-9-15(26-12(16)2)7-8-17(25)21-18-22-23-19(28-18)27-10-13-3-5-14(20)6-4-13/h3-6,9H,7-8,10H2,1-2H3,(H,21,22,25). The van der Waals surface area contributed by atoms with Gasteiger partial charge < -0.3 is 9.73 Å². The van der Waals surface area contributed by atoms with Crippen LogP contribution in [0.25, 0.3) is 0 Å². The lowest BCUT2D eigenvalue weighted by Crippen LogP contribution is -2.11. The Labute approximate surface area is 169 Å². The molecule has 0 unspecified atom stereocenters. The number of nitrogens with one attached hydrogen (secondary N) is 1. The molecule has 28 heavy (non-hydrogen) atoms. The van der Waals surface area contributed by atoms with Crippen LogP contribution in [0.3, 0.4) is 0 Å².